The maximum atomic E-state index is 13.3. The van der Waals surface area contributed by atoms with E-state index < -0.39 is 16.6 Å². The van der Waals surface area contributed by atoms with E-state index in [4.69, 9.17) is 4.74 Å². The van der Waals surface area contributed by atoms with Crippen molar-refractivity contribution in [3.8, 4) is 0 Å². The van der Waals surface area contributed by atoms with Crippen LogP contribution in [0.15, 0.2) is 54.6 Å². The molecule has 1 N–H and O–H groups in total. The van der Waals surface area contributed by atoms with E-state index in [1.165, 1.54) is 0 Å². The van der Waals surface area contributed by atoms with Crippen molar-refractivity contribution in [1.82, 2.24) is 9.80 Å². The highest BCUT2D eigenvalue weighted by atomic mass is 16.6. The molecule has 2 heterocycles. The summed E-state index contributed by atoms with van der Waals surface area (Å²) >= 11 is 0. The Hall–Kier alpha value is -2.86. The average Bonchev–Trinajstić information content (AvgIpc) is 2.77. The fourth-order valence-corrected chi connectivity index (χ4v) is 5.29. The Morgan fingerprint density at radius 1 is 1.03 bits per heavy atom. The summed E-state index contributed by atoms with van der Waals surface area (Å²) in [6.45, 7) is 11.6. The van der Waals surface area contributed by atoms with Gasteiger partial charge in [-0.05, 0) is 57.7 Å². The number of cyclic esters (lactones) is 1. The van der Waals surface area contributed by atoms with Crippen molar-refractivity contribution >= 4 is 12.0 Å². The van der Waals surface area contributed by atoms with Gasteiger partial charge in [-0.15, -0.1) is 0 Å². The van der Waals surface area contributed by atoms with Gasteiger partial charge in [-0.1, -0.05) is 54.6 Å². The number of nitrogens with zero attached hydrogens (tertiary/aromatic N) is 2. The van der Waals surface area contributed by atoms with E-state index in [1.807, 2.05) is 80.3 Å². The van der Waals surface area contributed by atoms with Crippen molar-refractivity contribution in [2.24, 2.45) is 0 Å². The predicted molar refractivity (Wildman–Crippen MR) is 136 cm³/mol. The van der Waals surface area contributed by atoms with Gasteiger partial charge in [0.15, 0.2) is 0 Å². The minimum atomic E-state index is -0.986. The standard InChI is InChI=1S/C29H38N2O4/c1-21(22-12-14-23(15-13-22)28(4,5)25(32)30-17-9-18-30)31-19-16-29(35-26(31)33,20-27(2,3)34)24-10-7-6-8-11-24/h6-8,10-15,21,34H,9,16-20H2,1-5H3/t21-,29-/m0/s1. The van der Waals surface area contributed by atoms with Gasteiger partial charge in [0.2, 0.25) is 5.91 Å². The van der Waals surface area contributed by atoms with E-state index in [1.54, 1.807) is 18.7 Å². The molecular formula is C29H38N2O4. The molecule has 2 aromatic carbocycles. The first-order chi connectivity index (χ1) is 16.4. The quantitative estimate of drug-likeness (QED) is 0.597. The predicted octanol–water partition coefficient (Wildman–Crippen LogP) is 5.16. The van der Waals surface area contributed by atoms with E-state index in [2.05, 4.69) is 0 Å². The van der Waals surface area contributed by atoms with Crippen LogP contribution >= 0.6 is 0 Å². The van der Waals surface area contributed by atoms with Crippen LogP contribution in [0.25, 0.3) is 0 Å². The topological polar surface area (TPSA) is 70.1 Å². The average molecular weight is 479 g/mol. The third-order valence-electron chi connectivity index (χ3n) is 7.55. The van der Waals surface area contributed by atoms with Crippen LogP contribution in [0, 0.1) is 0 Å². The lowest BCUT2D eigenvalue weighted by atomic mass is 9.80. The van der Waals surface area contributed by atoms with E-state index in [-0.39, 0.29) is 18.0 Å². The highest BCUT2D eigenvalue weighted by molar-refractivity contribution is 5.88. The molecule has 0 unspecified atom stereocenters. The van der Waals surface area contributed by atoms with Gasteiger partial charge in [0.1, 0.15) is 5.60 Å². The Labute approximate surface area is 208 Å². The minimum Gasteiger partial charge on any atom is -0.438 e. The van der Waals surface area contributed by atoms with Crippen molar-refractivity contribution < 1.29 is 19.4 Å². The van der Waals surface area contributed by atoms with Crippen molar-refractivity contribution in [3.63, 3.8) is 0 Å². The molecule has 0 radical (unpaired) electrons. The maximum absolute atomic E-state index is 13.3. The molecule has 2 amide bonds. The number of rotatable bonds is 7. The molecule has 188 valence electrons. The molecule has 6 heteroatoms. The van der Waals surface area contributed by atoms with Crippen LogP contribution in [0.5, 0.6) is 0 Å². The number of carbonyl (C=O) groups excluding carboxylic acids is 2. The second-order valence-corrected chi connectivity index (χ2v) is 11.2. The molecule has 2 atom stereocenters. The molecule has 0 aromatic heterocycles. The summed E-state index contributed by atoms with van der Waals surface area (Å²) in [5.74, 6) is 0.160. The number of amides is 2. The van der Waals surface area contributed by atoms with Crippen molar-refractivity contribution in [2.45, 2.75) is 76.5 Å². The molecule has 0 saturated carbocycles. The summed E-state index contributed by atoms with van der Waals surface area (Å²) in [4.78, 5) is 29.8. The monoisotopic (exact) mass is 478 g/mol. The zero-order valence-electron chi connectivity index (χ0n) is 21.6. The molecule has 6 nitrogen and oxygen atoms in total. The van der Waals surface area contributed by atoms with Crippen LogP contribution < -0.4 is 0 Å². The normalized spacial score (nSPS) is 21.8. The molecule has 4 rings (SSSR count). The Kier molecular flexibility index (Phi) is 6.71. The number of carbonyl (C=O) groups is 2. The largest absolute Gasteiger partial charge is 0.438 e. The highest BCUT2D eigenvalue weighted by Crippen LogP contribution is 2.42. The van der Waals surface area contributed by atoms with E-state index in [0.717, 1.165) is 36.2 Å². The SMILES string of the molecule is C[C@@H](c1ccc(C(C)(C)C(=O)N2CCC2)cc1)N1CC[C@](CC(C)(C)O)(c2ccccc2)OC1=O. The van der Waals surface area contributed by atoms with Crippen molar-refractivity contribution in [2.75, 3.05) is 19.6 Å². The first kappa shape index (κ1) is 25.2. The Bertz CT molecular complexity index is 1050. The fourth-order valence-electron chi connectivity index (χ4n) is 5.29. The van der Waals surface area contributed by atoms with Crippen LogP contribution in [0.1, 0.15) is 76.6 Å². The number of likely N-dealkylation sites (tertiary alicyclic amines) is 1. The molecular weight excluding hydrogens is 440 g/mol. The maximum Gasteiger partial charge on any atom is 0.411 e. The van der Waals surface area contributed by atoms with Gasteiger partial charge in [0.25, 0.3) is 0 Å². The molecule has 2 saturated heterocycles. The Balaban J connectivity index is 1.50. The number of ether oxygens (including phenoxy) is 1. The van der Waals surface area contributed by atoms with Crippen LogP contribution in [-0.4, -0.2) is 52.1 Å². The molecule has 2 fully saturated rings. The summed E-state index contributed by atoms with van der Waals surface area (Å²) < 4.78 is 6.12. The number of hydrogen-bond donors (Lipinski definition) is 1. The molecule has 0 aliphatic carbocycles. The van der Waals surface area contributed by atoms with Crippen LogP contribution in [0.2, 0.25) is 0 Å². The lowest BCUT2D eigenvalue weighted by Gasteiger charge is -2.45. The van der Waals surface area contributed by atoms with Gasteiger partial charge in [0.05, 0.1) is 17.1 Å². The fraction of sp³-hybridized carbons (Fsp3) is 0.517. The van der Waals surface area contributed by atoms with Gasteiger partial charge < -0.3 is 19.6 Å². The third kappa shape index (κ3) is 5.08. The lowest BCUT2D eigenvalue weighted by Crippen LogP contribution is -2.51. The van der Waals surface area contributed by atoms with E-state index in [9.17, 15) is 14.7 Å². The van der Waals surface area contributed by atoms with Crippen molar-refractivity contribution in [3.05, 3.63) is 71.3 Å². The zero-order chi connectivity index (χ0) is 25.4. The zero-order valence-corrected chi connectivity index (χ0v) is 21.6. The molecule has 0 bridgehead atoms. The highest BCUT2D eigenvalue weighted by Gasteiger charge is 2.46. The van der Waals surface area contributed by atoms with Gasteiger partial charge in [0, 0.05) is 32.5 Å². The van der Waals surface area contributed by atoms with Crippen LogP contribution in [0.3, 0.4) is 0 Å². The molecule has 35 heavy (non-hydrogen) atoms. The van der Waals surface area contributed by atoms with Gasteiger partial charge >= 0.3 is 6.09 Å². The lowest BCUT2D eigenvalue weighted by molar-refractivity contribution is -0.139. The van der Waals surface area contributed by atoms with Gasteiger partial charge in [-0.25, -0.2) is 4.79 Å². The van der Waals surface area contributed by atoms with Gasteiger partial charge in [-0.2, -0.15) is 0 Å². The number of hydrogen-bond acceptors (Lipinski definition) is 4. The Morgan fingerprint density at radius 3 is 2.17 bits per heavy atom. The third-order valence-corrected chi connectivity index (χ3v) is 7.55. The first-order valence-electron chi connectivity index (χ1n) is 12.6. The van der Waals surface area contributed by atoms with Crippen LogP contribution in [-0.2, 0) is 20.5 Å². The van der Waals surface area contributed by atoms with Crippen molar-refractivity contribution in [1.29, 1.82) is 0 Å². The summed E-state index contributed by atoms with van der Waals surface area (Å²) in [5, 5.41) is 10.6. The summed E-state index contributed by atoms with van der Waals surface area (Å²) in [7, 11) is 0. The second-order valence-electron chi connectivity index (χ2n) is 11.2. The number of aliphatic hydroxyl groups is 1. The van der Waals surface area contributed by atoms with E-state index >= 15 is 0 Å². The summed E-state index contributed by atoms with van der Waals surface area (Å²) in [6.07, 6.45) is 1.61. The molecule has 2 aliphatic rings. The first-order valence-corrected chi connectivity index (χ1v) is 12.6. The summed E-state index contributed by atoms with van der Waals surface area (Å²) in [5.41, 5.74) is 0.435. The number of benzene rings is 2. The van der Waals surface area contributed by atoms with Crippen LogP contribution in [0.4, 0.5) is 4.79 Å². The smallest absolute Gasteiger partial charge is 0.411 e. The Morgan fingerprint density at radius 2 is 1.66 bits per heavy atom. The molecule has 2 aromatic rings. The molecule has 2 aliphatic heterocycles. The van der Waals surface area contributed by atoms with Gasteiger partial charge in [-0.3, -0.25) is 4.79 Å². The molecule has 0 spiro atoms. The minimum absolute atomic E-state index is 0.160. The van der Waals surface area contributed by atoms with E-state index in [0.29, 0.717) is 19.4 Å². The second kappa shape index (κ2) is 9.30. The summed E-state index contributed by atoms with van der Waals surface area (Å²) in [6, 6.07) is 17.6.